The molecule has 2 amide bonds. The van der Waals surface area contributed by atoms with Crippen molar-refractivity contribution in [2.75, 3.05) is 5.32 Å². The normalized spacial score (nSPS) is 19.7. The van der Waals surface area contributed by atoms with Crippen LogP contribution < -0.4 is 21.4 Å². The van der Waals surface area contributed by atoms with Gasteiger partial charge in [-0.15, -0.1) is 0 Å². The number of carbonyl (C=O) groups is 2. The third-order valence-corrected chi connectivity index (χ3v) is 6.60. The molecule has 1 atom stereocenters. The third-order valence-electron chi connectivity index (χ3n) is 6.60. The Balaban J connectivity index is 1.55. The standard InChI is InChI=1S/C25H34N4O2/c1-15(2)27-21(12-13-26)24(30)29-23(22(17-6-7-17)18-8-9-18)25(31)28-20-11-10-16-4-3-5-19(16)14-20/h10-15,17-18,22-23H,3-9,26H2,1-2H3,(H,28,31)(H,29,30)/p+1/b13-12-,27-21?/t23-/m0/s1. The molecule has 0 heterocycles. The van der Waals surface area contributed by atoms with Gasteiger partial charge in [-0.05, 0) is 99.8 Å². The highest BCUT2D eigenvalue weighted by Gasteiger charge is 2.48. The van der Waals surface area contributed by atoms with Gasteiger partial charge in [0, 0.05) is 18.0 Å². The lowest BCUT2D eigenvalue weighted by Gasteiger charge is -2.27. The van der Waals surface area contributed by atoms with Gasteiger partial charge >= 0.3 is 5.91 Å². The van der Waals surface area contributed by atoms with Crippen LogP contribution in [0.15, 0.2) is 30.5 Å². The second-order valence-electron chi connectivity index (χ2n) is 9.60. The van der Waals surface area contributed by atoms with Crippen LogP contribution in [0.1, 0.15) is 57.1 Å². The summed E-state index contributed by atoms with van der Waals surface area (Å²) >= 11 is 0. The SMILES string of the molecule is CC(C)[NH+]=C(/C=C\N)C(=O)N[C@H](C(=O)Nc1ccc2c(c1)CCC2)C(C1CC1)C1CC1. The number of nitrogens with two attached hydrogens (primary N) is 1. The van der Waals surface area contributed by atoms with Crippen LogP contribution in [0.25, 0.3) is 0 Å². The topological polar surface area (TPSA) is 98.2 Å². The molecule has 0 bridgehead atoms. The molecule has 0 aromatic heterocycles. The first kappa shape index (κ1) is 21.6. The number of benzene rings is 1. The van der Waals surface area contributed by atoms with E-state index in [-0.39, 0.29) is 23.8 Å². The Bertz CT molecular complexity index is 885. The first-order valence-electron chi connectivity index (χ1n) is 11.7. The second-order valence-corrected chi connectivity index (χ2v) is 9.60. The monoisotopic (exact) mass is 423 g/mol. The van der Waals surface area contributed by atoms with Crippen LogP contribution in [0.2, 0.25) is 0 Å². The number of hydrogen-bond acceptors (Lipinski definition) is 3. The summed E-state index contributed by atoms with van der Waals surface area (Å²) in [4.78, 5) is 29.7. The number of nitrogens with one attached hydrogen (secondary N) is 3. The fourth-order valence-electron chi connectivity index (χ4n) is 4.91. The van der Waals surface area contributed by atoms with Gasteiger partial charge in [0.1, 0.15) is 12.1 Å². The minimum Gasteiger partial charge on any atom is -0.404 e. The van der Waals surface area contributed by atoms with Crippen LogP contribution in [-0.2, 0) is 22.4 Å². The summed E-state index contributed by atoms with van der Waals surface area (Å²) in [5.41, 5.74) is 9.47. The molecular weight excluding hydrogens is 388 g/mol. The lowest BCUT2D eigenvalue weighted by molar-refractivity contribution is -0.491. The molecule has 5 N–H and O–H groups in total. The Hall–Kier alpha value is -2.63. The van der Waals surface area contributed by atoms with Crippen LogP contribution in [-0.4, -0.2) is 29.6 Å². The van der Waals surface area contributed by atoms with Gasteiger partial charge in [-0.1, -0.05) is 6.07 Å². The maximum atomic E-state index is 13.5. The highest BCUT2D eigenvalue weighted by atomic mass is 16.2. The number of hydrogen-bond donors (Lipinski definition) is 4. The first-order chi connectivity index (χ1) is 15.0. The molecule has 0 saturated heterocycles. The van der Waals surface area contributed by atoms with Crippen LogP contribution in [0.5, 0.6) is 0 Å². The van der Waals surface area contributed by atoms with Crippen LogP contribution in [0.3, 0.4) is 0 Å². The van der Waals surface area contributed by atoms with Gasteiger partial charge in [0.25, 0.3) is 5.71 Å². The number of carbonyl (C=O) groups excluding carboxylic acids is 2. The van der Waals surface area contributed by atoms with E-state index in [9.17, 15) is 9.59 Å². The Kier molecular flexibility index (Phi) is 6.44. The van der Waals surface area contributed by atoms with Crippen molar-refractivity contribution in [2.24, 2.45) is 23.5 Å². The molecule has 4 rings (SSSR count). The van der Waals surface area contributed by atoms with E-state index in [0.717, 1.165) is 44.2 Å². The summed E-state index contributed by atoms with van der Waals surface area (Å²) < 4.78 is 0. The first-order valence-corrected chi connectivity index (χ1v) is 11.7. The number of rotatable bonds is 9. The Morgan fingerprint density at radius 1 is 1.10 bits per heavy atom. The van der Waals surface area contributed by atoms with E-state index >= 15 is 0 Å². The van der Waals surface area contributed by atoms with Crippen molar-refractivity contribution in [1.29, 1.82) is 0 Å². The molecule has 1 aromatic carbocycles. The molecule has 0 radical (unpaired) electrons. The highest BCUT2D eigenvalue weighted by Crippen LogP contribution is 2.50. The molecule has 6 heteroatoms. The maximum Gasteiger partial charge on any atom is 0.316 e. The number of anilines is 1. The van der Waals surface area contributed by atoms with Crippen molar-refractivity contribution >= 4 is 23.2 Å². The van der Waals surface area contributed by atoms with Crippen molar-refractivity contribution in [3.63, 3.8) is 0 Å². The summed E-state index contributed by atoms with van der Waals surface area (Å²) in [6.45, 7) is 3.93. The fraction of sp³-hybridized carbons (Fsp3) is 0.560. The fourth-order valence-corrected chi connectivity index (χ4v) is 4.91. The molecular formula is C25H35N4O2+. The molecule has 0 aliphatic heterocycles. The van der Waals surface area contributed by atoms with Gasteiger partial charge in [0.05, 0.1) is 0 Å². The zero-order valence-corrected chi connectivity index (χ0v) is 18.6. The summed E-state index contributed by atoms with van der Waals surface area (Å²) in [5.74, 6) is 0.845. The Morgan fingerprint density at radius 2 is 1.77 bits per heavy atom. The smallest absolute Gasteiger partial charge is 0.316 e. The van der Waals surface area contributed by atoms with E-state index in [1.807, 2.05) is 19.9 Å². The molecule has 1 aromatic rings. The van der Waals surface area contributed by atoms with Crippen LogP contribution in [0, 0.1) is 17.8 Å². The third kappa shape index (κ3) is 5.35. The van der Waals surface area contributed by atoms with E-state index < -0.39 is 6.04 Å². The summed E-state index contributed by atoms with van der Waals surface area (Å²) in [7, 11) is 0. The van der Waals surface area contributed by atoms with Gasteiger partial charge in [-0.25, -0.2) is 4.99 Å². The maximum absolute atomic E-state index is 13.5. The molecule has 166 valence electrons. The van der Waals surface area contributed by atoms with Gasteiger partial charge < -0.3 is 16.4 Å². The predicted octanol–water partition coefficient (Wildman–Crippen LogP) is 1.44. The predicted molar refractivity (Wildman–Crippen MR) is 122 cm³/mol. The minimum atomic E-state index is -0.545. The lowest BCUT2D eigenvalue weighted by atomic mass is 9.88. The van der Waals surface area contributed by atoms with Crippen molar-refractivity contribution < 1.29 is 14.6 Å². The van der Waals surface area contributed by atoms with E-state index in [4.69, 9.17) is 5.73 Å². The van der Waals surface area contributed by atoms with Crippen molar-refractivity contribution in [3.05, 3.63) is 41.6 Å². The van der Waals surface area contributed by atoms with Gasteiger partial charge in [0.15, 0.2) is 0 Å². The summed E-state index contributed by atoms with van der Waals surface area (Å²) in [6.07, 6.45) is 10.8. The van der Waals surface area contributed by atoms with Gasteiger partial charge in [-0.2, -0.15) is 0 Å². The average molecular weight is 424 g/mol. The minimum absolute atomic E-state index is 0.0818. The molecule has 3 aliphatic carbocycles. The quantitative estimate of drug-likeness (QED) is 0.452. The van der Waals surface area contributed by atoms with Crippen LogP contribution in [0.4, 0.5) is 5.69 Å². The van der Waals surface area contributed by atoms with Crippen molar-refractivity contribution in [1.82, 2.24) is 5.32 Å². The molecule has 31 heavy (non-hydrogen) atoms. The second kappa shape index (κ2) is 9.25. The largest absolute Gasteiger partial charge is 0.404 e. The van der Waals surface area contributed by atoms with Gasteiger partial charge in [0.2, 0.25) is 5.91 Å². The number of amides is 2. The van der Waals surface area contributed by atoms with Crippen molar-refractivity contribution in [3.8, 4) is 0 Å². The molecule has 2 fully saturated rings. The Morgan fingerprint density at radius 3 is 2.39 bits per heavy atom. The molecule has 2 saturated carbocycles. The average Bonchev–Trinajstić information content (AvgIpc) is 3.66. The van der Waals surface area contributed by atoms with Gasteiger partial charge in [-0.3, -0.25) is 9.59 Å². The highest BCUT2D eigenvalue weighted by molar-refractivity contribution is 6.41. The Labute approximate surface area is 184 Å². The van der Waals surface area contributed by atoms with Crippen molar-refractivity contribution in [2.45, 2.75) is 70.9 Å². The molecule has 0 spiro atoms. The van der Waals surface area contributed by atoms with E-state index in [1.54, 1.807) is 6.08 Å². The van der Waals surface area contributed by atoms with E-state index in [2.05, 4.69) is 27.8 Å². The molecule has 0 unspecified atom stereocenters. The number of aryl methyl sites for hydroxylation is 2. The number of fused-ring (bicyclic) bond motifs is 1. The molecule has 3 aliphatic rings. The summed E-state index contributed by atoms with van der Waals surface area (Å²) in [5, 5.41) is 6.17. The molecule has 6 nitrogen and oxygen atoms in total. The summed E-state index contributed by atoms with van der Waals surface area (Å²) in [6, 6.07) is 5.74. The zero-order chi connectivity index (χ0) is 22.0. The van der Waals surface area contributed by atoms with E-state index in [1.165, 1.54) is 23.7 Å². The lowest BCUT2D eigenvalue weighted by Crippen LogP contribution is -2.80. The zero-order valence-electron chi connectivity index (χ0n) is 18.6. The van der Waals surface area contributed by atoms with Crippen LogP contribution >= 0.6 is 0 Å². The van der Waals surface area contributed by atoms with E-state index in [0.29, 0.717) is 17.5 Å².